The molecular weight excluding hydrogens is 318 g/mol. The van der Waals surface area contributed by atoms with Gasteiger partial charge in [0, 0.05) is 17.9 Å². The van der Waals surface area contributed by atoms with E-state index in [2.05, 4.69) is 10.5 Å². The number of carbonyl (C=O) groups is 2. The van der Waals surface area contributed by atoms with Crippen molar-refractivity contribution in [2.45, 2.75) is 52.8 Å². The maximum Gasteiger partial charge on any atom is 0.411 e. The highest BCUT2D eigenvalue weighted by molar-refractivity contribution is 7.99. The van der Waals surface area contributed by atoms with Crippen LogP contribution in [-0.4, -0.2) is 45.3 Å². The molecule has 0 aliphatic carbocycles. The van der Waals surface area contributed by atoms with E-state index in [1.807, 2.05) is 6.92 Å². The molecule has 1 fully saturated rings. The molecule has 128 valence electrons. The molecule has 1 aliphatic rings. The summed E-state index contributed by atoms with van der Waals surface area (Å²) in [5.74, 6) is 1.51. The fraction of sp³-hybridized carbons (Fsp3) is 0.667. The van der Waals surface area contributed by atoms with E-state index in [9.17, 15) is 9.59 Å². The van der Waals surface area contributed by atoms with Gasteiger partial charge in [-0.1, -0.05) is 5.16 Å². The molecule has 1 atom stereocenters. The normalized spacial score (nSPS) is 18.1. The molecule has 0 radical (unpaired) electrons. The van der Waals surface area contributed by atoms with Gasteiger partial charge in [0.1, 0.15) is 17.4 Å². The molecule has 8 heteroatoms. The van der Waals surface area contributed by atoms with E-state index < -0.39 is 17.7 Å². The molecule has 1 saturated heterocycles. The van der Waals surface area contributed by atoms with Gasteiger partial charge >= 0.3 is 6.09 Å². The van der Waals surface area contributed by atoms with E-state index in [-0.39, 0.29) is 5.91 Å². The van der Waals surface area contributed by atoms with Gasteiger partial charge in [0.25, 0.3) is 0 Å². The molecule has 7 nitrogen and oxygen atoms in total. The number of nitrogens with one attached hydrogen (secondary N) is 1. The Balaban J connectivity index is 1.97. The van der Waals surface area contributed by atoms with Crippen LogP contribution in [0.4, 0.5) is 4.79 Å². The summed E-state index contributed by atoms with van der Waals surface area (Å²) >= 11 is 1.54. The number of nitrogens with zero attached hydrogens (tertiary/aromatic N) is 2. The van der Waals surface area contributed by atoms with Crippen molar-refractivity contribution in [1.29, 1.82) is 0 Å². The molecule has 23 heavy (non-hydrogen) atoms. The maximum absolute atomic E-state index is 12.4. The Bertz CT molecular complexity index is 575. The minimum absolute atomic E-state index is 0.194. The topological polar surface area (TPSA) is 84.7 Å². The van der Waals surface area contributed by atoms with Gasteiger partial charge in [-0.05, 0) is 34.6 Å². The maximum atomic E-state index is 12.4. The summed E-state index contributed by atoms with van der Waals surface area (Å²) in [7, 11) is 0. The first-order chi connectivity index (χ1) is 10.7. The molecule has 1 aromatic rings. The monoisotopic (exact) mass is 341 g/mol. The van der Waals surface area contributed by atoms with Crippen molar-refractivity contribution < 1.29 is 18.8 Å². The summed E-state index contributed by atoms with van der Waals surface area (Å²) < 4.78 is 10.4. The van der Waals surface area contributed by atoms with Crippen LogP contribution < -0.4 is 5.32 Å². The highest BCUT2D eigenvalue weighted by atomic mass is 32.2. The predicted molar refractivity (Wildman–Crippen MR) is 87.0 cm³/mol. The average molecular weight is 341 g/mol. The van der Waals surface area contributed by atoms with E-state index in [0.717, 1.165) is 11.3 Å². The molecule has 2 amide bonds. The SMILES string of the molecule is Cc1noc(C)c1CNC(=O)[C@H]1CSCN1C(=O)OC(C)(C)C. The molecule has 2 rings (SSSR count). The Morgan fingerprint density at radius 3 is 2.70 bits per heavy atom. The van der Waals surface area contributed by atoms with Gasteiger partial charge in [-0.25, -0.2) is 4.79 Å². The number of hydrogen-bond acceptors (Lipinski definition) is 6. The second-order valence-electron chi connectivity index (χ2n) is 6.49. The lowest BCUT2D eigenvalue weighted by Gasteiger charge is -2.27. The van der Waals surface area contributed by atoms with Crippen LogP contribution in [0.3, 0.4) is 0 Å². The van der Waals surface area contributed by atoms with E-state index in [1.165, 1.54) is 16.7 Å². The zero-order valence-electron chi connectivity index (χ0n) is 14.1. The van der Waals surface area contributed by atoms with Crippen LogP contribution in [-0.2, 0) is 16.1 Å². The molecule has 0 spiro atoms. The first-order valence-corrected chi connectivity index (χ1v) is 8.61. The Kier molecular flexibility index (Phi) is 5.23. The third-order valence-electron chi connectivity index (χ3n) is 3.43. The van der Waals surface area contributed by atoms with Gasteiger partial charge in [-0.2, -0.15) is 0 Å². The number of aryl methyl sites for hydroxylation is 2. The van der Waals surface area contributed by atoms with Crippen LogP contribution in [0.15, 0.2) is 4.52 Å². The van der Waals surface area contributed by atoms with Crippen molar-refractivity contribution in [1.82, 2.24) is 15.4 Å². The minimum Gasteiger partial charge on any atom is -0.444 e. The quantitative estimate of drug-likeness (QED) is 0.907. The predicted octanol–water partition coefficient (Wildman–Crippen LogP) is 2.22. The molecule has 0 aromatic carbocycles. The standard InChI is InChI=1S/C15H23N3O4S/c1-9-11(10(2)22-17-9)6-16-13(19)12-7-23-8-18(12)14(20)21-15(3,4)5/h12H,6-8H2,1-5H3,(H,16,19)/t12-/m1/s1. The van der Waals surface area contributed by atoms with E-state index in [1.54, 1.807) is 27.7 Å². The smallest absolute Gasteiger partial charge is 0.411 e. The number of rotatable bonds is 3. The summed E-state index contributed by atoms with van der Waals surface area (Å²) in [5.41, 5.74) is 1.04. The van der Waals surface area contributed by atoms with Crippen LogP contribution in [0.5, 0.6) is 0 Å². The zero-order valence-corrected chi connectivity index (χ0v) is 15.0. The van der Waals surface area contributed by atoms with E-state index in [0.29, 0.717) is 23.9 Å². The summed E-state index contributed by atoms with van der Waals surface area (Å²) in [6, 6.07) is -0.518. The first-order valence-electron chi connectivity index (χ1n) is 7.46. The summed E-state index contributed by atoms with van der Waals surface area (Å²) in [4.78, 5) is 26.1. The molecule has 0 bridgehead atoms. The molecule has 2 heterocycles. The van der Waals surface area contributed by atoms with Crippen LogP contribution in [0, 0.1) is 13.8 Å². The lowest BCUT2D eigenvalue weighted by atomic mass is 10.2. The Hall–Kier alpha value is -1.70. The zero-order chi connectivity index (χ0) is 17.2. The summed E-state index contributed by atoms with van der Waals surface area (Å²) in [6.07, 6.45) is -0.458. The van der Waals surface area contributed by atoms with Crippen LogP contribution >= 0.6 is 11.8 Å². The lowest BCUT2D eigenvalue weighted by Crippen LogP contribution is -2.48. The number of thioether (sulfide) groups is 1. The van der Waals surface area contributed by atoms with Crippen molar-refractivity contribution in [3.8, 4) is 0 Å². The van der Waals surface area contributed by atoms with Gasteiger partial charge in [0.2, 0.25) is 5.91 Å². The Morgan fingerprint density at radius 2 is 2.13 bits per heavy atom. The number of carbonyl (C=O) groups excluding carboxylic acids is 2. The molecule has 1 N–H and O–H groups in total. The molecule has 0 unspecified atom stereocenters. The van der Waals surface area contributed by atoms with Crippen molar-refractivity contribution >= 4 is 23.8 Å². The highest BCUT2D eigenvalue weighted by Crippen LogP contribution is 2.24. The van der Waals surface area contributed by atoms with Gasteiger partial charge in [0.05, 0.1) is 11.6 Å². The second kappa shape index (κ2) is 6.82. The fourth-order valence-corrected chi connectivity index (χ4v) is 3.35. The fourth-order valence-electron chi connectivity index (χ4n) is 2.21. The third-order valence-corrected chi connectivity index (χ3v) is 4.45. The second-order valence-corrected chi connectivity index (χ2v) is 7.49. The third kappa shape index (κ3) is 4.40. The number of aromatic nitrogens is 1. The van der Waals surface area contributed by atoms with Crippen molar-refractivity contribution in [3.05, 3.63) is 17.0 Å². The number of amides is 2. The summed E-state index contributed by atoms with van der Waals surface area (Å²) in [5, 5.41) is 6.71. The van der Waals surface area contributed by atoms with E-state index in [4.69, 9.17) is 9.26 Å². The number of ether oxygens (including phenoxy) is 1. The molecule has 1 aliphatic heterocycles. The average Bonchev–Trinajstić information content (AvgIpc) is 3.03. The van der Waals surface area contributed by atoms with Crippen LogP contribution in [0.25, 0.3) is 0 Å². The highest BCUT2D eigenvalue weighted by Gasteiger charge is 2.37. The van der Waals surface area contributed by atoms with Gasteiger partial charge in [0.15, 0.2) is 0 Å². The molecule has 0 saturated carbocycles. The van der Waals surface area contributed by atoms with E-state index >= 15 is 0 Å². The largest absolute Gasteiger partial charge is 0.444 e. The van der Waals surface area contributed by atoms with Crippen molar-refractivity contribution in [2.24, 2.45) is 0 Å². The van der Waals surface area contributed by atoms with Crippen molar-refractivity contribution in [2.75, 3.05) is 11.6 Å². The van der Waals surface area contributed by atoms with Gasteiger partial charge < -0.3 is 14.6 Å². The van der Waals surface area contributed by atoms with Crippen molar-refractivity contribution in [3.63, 3.8) is 0 Å². The van der Waals surface area contributed by atoms with Crippen LogP contribution in [0.1, 0.15) is 37.8 Å². The van der Waals surface area contributed by atoms with Crippen LogP contribution in [0.2, 0.25) is 0 Å². The Morgan fingerprint density at radius 1 is 1.43 bits per heavy atom. The molecule has 1 aromatic heterocycles. The Labute approximate surface area is 140 Å². The van der Waals surface area contributed by atoms with Gasteiger partial charge in [-0.3, -0.25) is 9.69 Å². The lowest BCUT2D eigenvalue weighted by molar-refractivity contribution is -0.125. The minimum atomic E-state index is -0.581. The summed E-state index contributed by atoms with van der Waals surface area (Å²) in [6.45, 7) is 9.39. The molecular formula is C15H23N3O4S. The first kappa shape index (κ1) is 17.7. The number of hydrogen-bond donors (Lipinski definition) is 1. The van der Waals surface area contributed by atoms with Gasteiger partial charge in [-0.15, -0.1) is 11.8 Å².